The van der Waals surface area contributed by atoms with Gasteiger partial charge in [0.25, 0.3) is 0 Å². The molecule has 0 atom stereocenters. The summed E-state index contributed by atoms with van der Waals surface area (Å²) in [4.78, 5) is 10.7. The van der Waals surface area contributed by atoms with Gasteiger partial charge in [0.05, 0.1) is 0 Å². The summed E-state index contributed by atoms with van der Waals surface area (Å²) in [6, 6.07) is 10.1. The Morgan fingerprint density at radius 3 is 2.50 bits per heavy atom. The third-order valence-corrected chi connectivity index (χ3v) is 1.83. The van der Waals surface area contributed by atoms with E-state index in [1.54, 1.807) is 12.2 Å². The summed E-state index contributed by atoms with van der Waals surface area (Å²) in [6.07, 6.45) is 4.12. The maximum atomic E-state index is 10.7. The van der Waals surface area contributed by atoms with Gasteiger partial charge >= 0.3 is 0 Å². The lowest BCUT2D eigenvalue weighted by molar-refractivity contribution is -0.112. The van der Waals surface area contributed by atoms with E-state index in [9.17, 15) is 4.79 Å². The summed E-state index contributed by atoms with van der Waals surface area (Å²) >= 11 is 0. The van der Waals surface area contributed by atoms with Gasteiger partial charge in [0, 0.05) is 0 Å². The molecule has 0 amide bonds. The zero-order valence-electron chi connectivity index (χ0n) is 8.36. The van der Waals surface area contributed by atoms with E-state index in [0.717, 1.165) is 12.0 Å². The molecule has 1 nitrogen and oxygen atoms in total. The molecular formula is C13H14O. The molecule has 0 saturated heterocycles. The highest BCUT2D eigenvalue weighted by Gasteiger charge is 1.93. The van der Waals surface area contributed by atoms with Crippen LogP contribution in [0.2, 0.25) is 0 Å². The molecule has 0 heterocycles. The first-order valence-corrected chi connectivity index (χ1v) is 4.59. The van der Waals surface area contributed by atoms with Crippen molar-refractivity contribution in [1.29, 1.82) is 0 Å². The smallest absolute Gasteiger partial charge is 0.152 e. The summed E-state index contributed by atoms with van der Waals surface area (Å²) in [5.74, 6) is 0.0548. The number of hydrogen-bond donors (Lipinski definition) is 0. The fraction of sp³-hybridized carbons (Fsp3) is 0.154. The second kappa shape index (κ2) is 5.18. The minimum absolute atomic E-state index is 0.0548. The fourth-order valence-corrected chi connectivity index (χ4v) is 1.15. The van der Waals surface area contributed by atoms with Crippen molar-refractivity contribution in [3.63, 3.8) is 0 Å². The number of hydrogen-bond acceptors (Lipinski definition) is 1. The van der Waals surface area contributed by atoms with Crippen molar-refractivity contribution in [2.45, 2.75) is 13.3 Å². The van der Waals surface area contributed by atoms with Crippen LogP contribution >= 0.6 is 0 Å². The van der Waals surface area contributed by atoms with Crippen molar-refractivity contribution in [1.82, 2.24) is 0 Å². The monoisotopic (exact) mass is 186 g/mol. The number of ketones is 1. The lowest BCUT2D eigenvalue weighted by Crippen LogP contribution is -1.87. The molecule has 0 aliphatic carbocycles. The normalized spacial score (nSPS) is 10.4. The Balaban J connectivity index is 2.54. The van der Waals surface area contributed by atoms with E-state index in [0.29, 0.717) is 0 Å². The molecule has 0 aromatic heterocycles. The first-order chi connectivity index (χ1) is 6.68. The largest absolute Gasteiger partial charge is 0.295 e. The van der Waals surface area contributed by atoms with E-state index in [1.165, 1.54) is 12.5 Å². The Bertz CT molecular complexity index is 347. The maximum absolute atomic E-state index is 10.7. The lowest BCUT2D eigenvalue weighted by Gasteiger charge is -1.99. The van der Waals surface area contributed by atoms with Crippen LogP contribution in [-0.2, 0) is 11.2 Å². The molecule has 0 unspecified atom stereocenters. The van der Waals surface area contributed by atoms with Gasteiger partial charge in [-0.1, -0.05) is 48.6 Å². The van der Waals surface area contributed by atoms with Crippen LogP contribution in [0.15, 0.2) is 54.6 Å². The highest BCUT2D eigenvalue weighted by Crippen LogP contribution is 2.06. The molecule has 1 aromatic carbocycles. The van der Waals surface area contributed by atoms with Crippen molar-refractivity contribution < 1.29 is 4.79 Å². The zero-order valence-corrected chi connectivity index (χ0v) is 8.36. The van der Waals surface area contributed by atoms with Crippen LogP contribution in [0.1, 0.15) is 12.5 Å². The molecule has 0 aliphatic rings. The molecule has 0 aliphatic heterocycles. The van der Waals surface area contributed by atoms with E-state index in [-0.39, 0.29) is 5.78 Å². The number of benzene rings is 1. The molecule has 1 rings (SSSR count). The van der Waals surface area contributed by atoms with Crippen LogP contribution in [-0.4, -0.2) is 5.78 Å². The molecule has 0 spiro atoms. The lowest BCUT2D eigenvalue weighted by atomic mass is 10.1. The van der Waals surface area contributed by atoms with Gasteiger partial charge in [0.2, 0.25) is 0 Å². The number of carbonyl (C=O) groups excluding carboxylic acids is 1. The molecule has 14 heavy (non-hydrogen) atoms. The van der Waals surface area contributed by atoms with Crippen LogP contribution in [0.25, 0.3) is 0 Å². The number of allylic oxidation sites excluding steroid dienone is 3. The first-order valence-electron chi connectivity index (χ1n) is 4.59. The summed E-state index contributed by atoms with van der Waals surface area (Å²) in [5, 5.41) is 0. The Kier molecular flexibility index (Phi) is 3.86. The topological polar surface area (TPSA) is 17.1 Å². The van der Waals surface area contributed by atoms with Crippen LogP contribution < -0.4 is 0 Å². The molecule has 0 N–H and O–H groups in total. The van der Waals surface area contributed by atoms with Gasteiger partial charge in [-0.05, 0) is 25.0 Å². The molecule has 1 heteroatoms. The molecule has 0 fully saturated rings. The first kappa shape index (κ1) is 10.5. The fourth-order valence-electron chi connectivity index (χ4n) is 1.15. The quantitative estimate of drug-likeness (QED) is 0.522. The van der Waals surface area contributed by atoms with Gasteiger partial charge in [-0.3, -0.25) is 4.79 Å². The molecule has 72 valence electrons. The van der Waals surface area contributed by atoms with Crippen molar-refractivity contribution in [3.05, 3.63) is 60.2 Å². The Labute approximate surface area is 84.8 Å². The average Bonchev–Trinajstić information content (AvgIpc) is 2.16. The molecule has 0 radical (unpaired) electrons. The Morgan fingerprint density at radius 1 is 1.29 bits per heavy atom. The Hall–Kier alpha value is -1.63. The van der Waals surface area contributed by atoms with Gasteiger partial charge in [-0.15, -0.1) is 0 Å². The van der Waals surface area contributed by atoms with Crippen molar-refractivity contribution in [2.75, 3.05) is 0 Å². The zero-order chi connectivity index (χ0) is 10.4. The summed E-state index contributed by atoms with van der Waals surface area (Å²) < 4.78 is 0. The van der Waals surface area contributed by atoms with Gasteiger partial charge in [0.1, 0.15) is 0 Å². The summed E-state index contributed by atoms with van der Waals surface area (Å²) in [7, 11) is 0. The molecule has 1 aromatic rings. The summed E-state index contributed by atoms with van der Waals surface area (Å²) in [5.41, 5.74) is 2.16. The second-order valence-electron chi connectivity index (χ2n) is 3.26. The summed E-state index contributed by atoms with van der Waals surface area (Å²) in [6.45, 7) is 5.42. The van der Waals surface area contributed by atoms with Crippen LogP contribution in [0.3, 0.4) is 0 Å². The van der Waals surface area contributed by atoms with E-state index >= 15 is 0 Å². The van der Waals surface area contributed by atoms with E-state index < -0.39 is 0 Å². The van der Waals surface area contributed by atoms with Crippen LogP contribution in [0.5, 0.6) is 0 Å². The minimum Gasteiger partial charge on any atom is -0.295 e. The van der Waals surface area contributed by atoms with Crippen molar-refractivity contribution in [3.8, 4) is 0 Å². The van der Waals surface area contributed by atoms with E-state index in [1.807, 2.05) is 30.3 Å². The van der Waals surface area contributed by atoms with Gasteiger partial charge < -0.3 is 0 Å². The van der Waals surface area contributed by atoms with Gasteiger partial charge in [0.15, 0.2) is 5.78 Å². The van der Waals surface area contributed by atoms with Crippen LogP contribution in [0, 0.1) is 0 Å². The molecular weight excluding hydrogens is 172 g/mol. The standard InChI is InChI=1S/C13H14O/c1-11(8-9-12(2)14)10-13-6-4-3-5-7-13/h3-9H,1,10H2,2H3. The predicted octanol–water partition coefficient (Wildman–Crippen LogP) is 2.93. The van der Waals surface area contributed by atoms with E-state index in [4.69, 9.17) is 0 Å². The van der Waals surface area contributed by atoms with Crippen LogP contribution in [0.4, 0.5) is 0 Å². The van der Waals surface area contributed by atoms with Gasteiger partial charge in [-0.25, -0.2) is 0 Å². The maximum Gasteiger partial charge on any atom is 0.152 e. The minimum atomic E-state index is 0.0548. The van der Waals surface area contributed by atoms with Crippen molar-refractivity contribution in [2.24, 2.45) is 0 Å². The van der Waals surface area contributed by atoms with E-state index in [2.05, 4.69) is 6.58 Å². The highest BCUT2D eigenvalue weighted by atomic mass is 16.1. The average molecular weight is 186 g/mol. The highest BCUT2D eigenvalue weighted by molar-refractivity contribution is 5.87. The SMILES string of the molecule is C=C(C=CC(C)=O)Cc1ccccc1. The Morgan fingerprint density at radius 2 is 1.93 bits per heavy atom. The molecule has 0 bridgehead atoms. The third kappa shape index (κ3) is 3.85. The second-order valence-corrected chi connectivity index (χ2v) is 3.26. The van der Waals surface area contributed by atoms with Gasteiger partial charge in [-0.2, -0.15) is 0 Å². The number of carbonyl (C=O) groups is 1. The predicted molar refractivity (Wildman–Crippen MR) is 59.1 cm³/mol. The molecule has 0 saturated carbocycles. The third-order valence-electron chi connectivity index (χ3n) is 1.83. The number of rotatable bonds is 4. The van der Waals surface area contributed by atoms with Crippen molar-refractivity contribution >= 4 is 5.78 Å².